The van der Waals surface area contributed by atoms with Gasteiger partial charge in [-0.15, -0.1) is 0 Å². The summed E-state index contributed by atoms with van der Waals surface area (Å²) in [6.07, 6.45) is 7.98. The molecular weight excluding hydrogens is 300 g/mol. The lowest BCUT2D eigenvalue weighted by atomic mass is 9.83. The zero-order chi connectivity index (χ0) is 16.4. The smallest absolute Gasteiger partial charge is 0.224 e. The Bertz CT molecular complexity index is 599. The van der Waals surface area contributed by atoms with E-state index in [2.05, 4.69) is 22.3 Å². The molecule has 3 aliphatic rings. The number of nitrogens with zero attached hydrogens (tertiary/aromatic N) is 1. The molecule has 0 bridgehead atoms. The largest absolute Gasteiger partial charge is 0.493 e. The Labute approximate surface area is 144 Å². The van der Waals surface area contributed by atoms with Crippen molar-refractivity contribution in [3.05, 3.63) is 29.3 Å². The van der Waals surface area contributed by atoms with Crippen molar-refractivity contribution in [2.75, 3.05) is 26.2 Å². The molecule has 1 N–H and O–H groups in total. The Morgan fingerprint density at radius 1 is 1.21 bits per heavy atom. The van der Waals surface area contributed by atoms with E-state index in [1.807, 2.05) is 6.07 Å². The Morgan fingerprint density at radius 2 is 2.12 bits per heavy atom. The molecule has 2 saturated heterocycles. The summed E-state index contributed by atoms with van der Waals surface area (Å²) in [5.74, 6) is 1.73. The number of hydrogen-bond acceptors (Lipinski definition) is 3. The molecule has 0 unspecified atom stereocenters. The normalized spacial score (nSPS) is 26.3. The van der Waals surface area contributed by atoms with Gasteiger partial charge in [-0.3, -0.25) is 4.79 Å². The lowest BCUT2D eigenvalue weighted by Gasteiger charge is -2.44. The number of piperidine rings is 2. The van der Waals surface area contributed by atoms with Crippen LogP contribution >= 0.6 is 0 Å². The molecule has 0 saturated carbocycles. The van der Waals surface area contributed by atoms with E-state index in [0.717, 1.165) is 30.9 Å². The third kappa shape index (κ3) is 3.44. The minimum absolute atomic E-state index is 0.140. The summed E-state index contributed by atoms with van der Waals surface area (Å²) in [7, 11) is 0. The van der Waals surface area contributed by atoms with Crippen LogP contribution in [0, 0.1) is 5.92 Å². The highest BCUT2D eigenvalue weighted by molar-refractivity contribution is 5.78. The average Bonchev–Trinajstić information content (AvgIpc) is 3.07. The highest BCUT2D eigenvalue weighted by Gasteiger charge is 2.32. The van der Waals surface area contributed by atoms with Crippen molar-refractivity contribution < 1.29 is 9.53 Å². The fourth-order valence-corrected chi connectivity index (χ4v) is 4.63. The van der Waals surface area contributed by atoms with Crippen LogP contribution < -0.4 is 10.1 Å². The molecule has 2 fully saturated rings. The molecule has 0 spiro atoms. The fraction of sp³-hybridized carbons (Fsp3) is 0.650. The van der Waals surface area contributed by atoms with Crippen molar-refractivity contribution in [2.45, 2.75) is 51.0 Å². The molecule has 24 heavy (non-hydrogen) atoms. The number of benzene rings is 1. The van der Waals surface area contributed by atoms with Crippen LogP contribution in [-0.2, 0) is 17.6 Å². The van der Waals surface area contributed by atoms with Gasteiger partial charge >= 0.3 is 0 Å². The van der Waals surface area contributed by atoms with Crippen LogP contribution in [-0.4, -0.2) is 43.1 Å². The first-order valence-electron chi connectivity index (χ1n) is 9.55. The van der Waals surface area contributed by atoms with Crippen LogP contribution in [0.3, 0.4) is 0 Å². The molecule has 3 heterocycles. The number of carbonyl (C=O) groups is 1. The number of rotatable bonds is 4. The summed E-state index contributed by atoms with van der Waals surface area (Å²) >= 11 is 0. The highest BCUT2D eigenvalue weighted by atomic mass is 16.5. The topological polar surface area (TPSA) is 41.6 Å². The van der Waals surface area contributed by atoms with Crippen molar-refractivity contribution in [1.29, 1.82) is 0 Å². The Hall–Kier alpha value is -1.55. The first kappa shape index (κ1) is 15.9. The van der Waals surface area contributed by atoms with Crippen molar-refractivity contribution >= 4 is 5.91 Å². The van der Waals surface area contributed by atoms with Gasteiger partial charge in [0.05, 0.1) is 13.0 Å². The molecule has 4 nitrogen and oxygen atoms in total. The van der Waals surface area contributed by atoms with Crippen LogP contribution in [0.25, 0.3) is 0 Å². The molecule has 0 aromatic heterocycles. The van der Waals surface area contributed by atoms with Crippen LogP contribution in [0.4, 0.5) is 0 Å². The molecule has 2 atom stereocenters. The third-order valence-corrected chi connectivity index (χ3v) is 5.92. The zero-order valence-electron chi connectivity index (χ0n) is 14.4. The average molecular weight is 328 g/mol. The van der Waals surface area contributed by atoms with Gasteiger partial charge in [0, 0.05) is 19.0 Å². The van der Waals surface area contributed by atoms with E-state index in [1.165, 1.54) is 50.8 Å². The summed E-state index contributed by atoms with van der Waals surface area (Å²) in [6, 6.07) is 6.90. The Morgan fingerprint density at radius 3 is 3.08 bits per heavy atom. The number of nitrogens with one attached hydrogen (secondary N) is 1. The molecule has 0 aliphatic carbocycles. The first-order valence-corrected chi connectivity index (χ1v) is 9.55. The van der Waals surface area contributed by atoms with Crippen LogP contribution in [0.5, 0.6) is 5.75 Å². The second-order valence-corrected chi connectivity index (χ2v) is 7.52. The zero-order valence-corrected chi connectivity index (χ0v) is 14.4. The monoisotopic (exact) mass is 328 g/mol. The number of hydrogen-bond donors (Lipinski definition) is 1. The maximum absolute atomic E-state index is 12.3. The van der Waals surface area contributed by atoms with Gasteiger partial charge in [0.2, 0.25) is 5.91 Å². The molecule has 3 aliphatic heterocycles. The van der Waals surface area contributed by atoms with E-state index in [1.54, 1.807) is 0 Å². The summed E-state index contributed by atoms with van der Waals surface area (Å²) in [5.41, 5.74) is 2.31. The number of amides is 1. The molecule has 130 valence electrons. The van der Waals surface area contributed by atoms with Gasteiger partial charge in [-0.2, -0.15) is 0 Å². The van der Waals surface area contributed by atoms with Gasteiger partial charge in [-0.1, -0.05) is 18.6 Å². The van der Waals surface area contributed by atoms with Crippen molar-refractivity contribution in [3.8, 4) is 5.75 Å². The van der Waals surface area contributed by atoms with E-state index in [-0.39, 0.29) is 5.91 Å². The van der Waals surface area contributed by atoms with E-state index >= 15 is 0 Å². The van der Waals surface area contributed by atoms with Crippen LogP contribution in [0.15, 0.2) is 18.2 Å². The van der Waals surface area contributed by atoms with Gasteiger partial charge < -0.3 is 15.0 Å². The molecule has 1 aromatic carbocycles. The first-order chi connectivity index (χ1) is 11.8. The minimum atomic E-state index is 0.140. The number of carbonyl (C=O) groups excluding carboxylic acids is 1. The second kappa shape index (κ2) is 7.14. The van der Waals surface area contributed by atoms with Gasteiger partial charge in [0.15, 0.2) is 0 Å². The standard InChI is InChI=1S/C20H28N2O2/c23-20(13-15-6-7-16-8-11-24-19(16)12-15)21-14-17-4-3-10-22-9-2-1-5-18(17)22/h6-7,12,17-18H,1-5,8-11,13-14H2,(H,21,23)/t17-,18-/m1/s1. The van der Waals surface area contributed by atoms with E-state index in [4.69, 9.17) is 4.74 Å². The lowest BCUT2D eigenvalue weighted by Crippen LogP contribution is -2.51. The van der Waals surface area contributed by atoms with Crippen molar-refractivity contribution in [1.82, 2.24) is 10.2 Å². The molecule has 4 rings (SSSR count). The lowest BCUT2D eigenvalue weighted by molar-refractivity contribution is -0.120. The third-order valence-electron chi connectivity index (χ3n) is 5.92. The predicted octanol–water partition coefficient (Wildman–Crippen LogP) is 2.54. The van der Waals surface area contributed by atoms with E-state index in [0.29, 0.717) is 18.4 Å². The molecule has 4 heteroatoms. The van der Waals surface area contributed by atoms with Gasteiger partial charge in [0.25, 0.3) is 0 Å². The number of ether oxygens (including phenoxy) is 1. The molecular formula is C20H28N2O2. The van der Waals surface area contributed by atoms with Crippen molar-refractivity contribution in [3.63, 3.8) is 0 Å². The van der Waals surface area contributed by atoms with Crippen LogP contribution in [0.1, 0.15) is 43.2 Å². The summed E-state index contributed by atoms with van der Waals surface area (Å²) in [6.45, 7) is 4.11. The Balaban J connectivity index is 1.30. The molecule has 1 aromatic rings. The SMILES string of the molecule is O=C(Cc1ccc2c(c1)OCC2)NC[C@H]1CCCN2CCCC[C@H]12. The van der Waals surface area contributed by atoms with E-state index in [9.17, 15) is 4.79 Å². The predicted molar refractivity (Wildman–Crippen MR) is 94.3 cm³/mol. The molecule has 1 amide bonds. The summed E-state index contributed by atoms with van der Waals surface area (Å²) in [5, 5.41) is 3.20. The molecule has 0 radical (unpaired) electrons. The highest BCUT2D eigenvalue weighted by Crippen LogP contribution is 2.30. The van der Waals surface area contributed by atoms with Gasteiger partial charge in [0.1, 0.15) is 5.75 Å². The minimum Gasteiger partial charge on any atom is -0.493 e. The maximum Gasteiger partial charge on any atom is 0.224 e. The van der Waals surface area contributed by atoms with E-state index < -0.39 is 0 Å². The summed E-state index contributed by atoms with van der Waals surface area (Å²) < 4.78 is 5.60. The quantitative estimate of drug-likeness (QED) is 0.923. The van der Waals surface area contributed by atoms with Crippen LogP contribution in [0.2, 0.25) is 0 Å². The van der Waals surface area contributed by atoms with Crippen molar-refractivity contribution in [2.24, 2.45) is 5.92 Å². The maximum atomic E-state index is 12.3. The number of fused-ring (bicyclic) bond motifs is 2. The van der Waals surface area contributed by atoms with Gasteiger partial charge in [-0.05, 0) is 61.9 Å². The fourth-order valence-electron chi connectivity index (χ4n) is 4.63. The van der Waals surface area contributed by atoms with Gasteiger partial charge in [-0.25, -0.2) is 0 Å². The Kier molecular flexibility index (Phi) is 4.74. The second-order valence-electron chi connectivity index (χ2n) is 7.52. The summed E-state index contributed by atoms with van der Waals surface area (Å²) in [4.78, 5) is 15.0.